The summed E-state index contributed by atoms with van der Waals surface area (Å²) in [4.78, 5) is 0. The van der Waals surface area contributed by atoms with E-state index in [4.69, 9.17) is 4.74 Å². The van der Waals surface area contributed by atoms with Gasteiger partial charge in [0.2, 0.25) is 0 Å². The van der Waals surface area contributed by atoms with Crippen molar-refractivity contribution < 1.29 is 4.74 Å². The van der Waals surface area contributed by atoms with Gasteiger partial charge >= 0.3 is 0 Å². The zero-order valence-corrected chi connectivity index (χ0v) is 7.01. The molecule has 0 amide bonds. The Morgan fingerprint density at radius 3 is 2.88 bits per heavy atom. The standard InChI is InChI=1S/C5H10INO/c1-4-5(6)7-2-3-8-4/h4-5,7H,2-3H2,1H3. The summed E-state index contributed by atoms with van der Waals surface area (Å²) in [7, 11) is 0. The first-order chi connectivity index (χ1) is 3.80. The molecule has 48 valence electrons. The van der Waals surface area contributed by atoms with Gasteiger partial charge in [-0.15, -0.1) is 0 Å². The van der Waals surface area contributed by atoms with Crippen LogP contribution in [0.2, 0.25) is 0 Å². The van der Waals surface area contributed by atoms with Gasteiger partial charge in [-0.3, -0.25) is 0 Å². The number of nitrogens with one attached hydrogen (secondary N) is 1. The molecule has 1 aliphatic heterocycles. The first kappa shape index (κ1) is 6.77. The molecule has 3 heteroatoms. The smallest absolute Gasteiger partial charge is 0.0857 e. The van der Waals surface area contributed by atoms with Crippen LogP contribution < -0.4 is 5.32 Å². The maximum absolute atomic E-state index is 5.32. The molecule has 1 rings (SSSR count). The third-order valence-corrected chi connectivity index (χ3v) is 2.69. The molecule has 1 fully saturated rings. The Morgan fingerprint density at radius 2 is 2.50 bits per heavy atom. The van der Waals surface area contributed by atoms with Crippen LogP contribution in [0.1, 0.15) is 6.92 Å². The highest BCUT2D eigenvalue weighted by atomic mass is 127. The molecule has 1 aliphatic rings. The van der Waals surface area contributed by atoms with Crippen molar-refractivity contribution in [3.8, 4) is 0 Å². The highest BCUT2D eigenvalue weighted by Gasteiger charge is 2.16. The Bertz CT molecular complexity index is 68.8. The van der Waals surface area contributed by atoms with Crippen molar-refractivity contribution in [3.05, 3.63) is 0 Å². The van der Waals surface area contributed by atoms with Gasteiger partial charge < -0.3 is 10.1 Å². The molecular weight excluding hydrogens is 217 g/mol. The molecular formula is C5H10INO. The van der Waals surface area contributed by atoms with Crippen molar-refractivity contribution in [1.29, 1.82) is 0 Å². The second-order valence-electron chi connectivity index (χ2n) is 1.93. The maximum Gasteiger partial charge on any atom is 0.0857 e. The zero-order valence-electron chi connectivity index (χ0n) is 4.86. The Kier molecular flexibility index (Phi) is 2.52. The molecule has 0 spiro atoms. The van der Waals surface area contributed by atoms with Crippen LogP contribution in [-0.2, 0) is 4.74 Å². The Labute approximate surface area is 63.1 Å². The molecule has 1 heterocycles. The van der Waals surface area contributed by atoms with Gasteiger partial charge in [0, 0.05) is 6.54 Å². The SMILES string of the molecule is CC1OCCNC1I. The summed E-state index contributed by atoms with van der Waals surface area (Å²) < 4.78 is 5.82. The Hall–Kier alpha value is 0.650. The molecule has 1 N–H and O–H groups in total. The first-order valence-corrected chi connectivity index (χ1v) is 4.04. The van der Waals surface area contributed by atoms with Crippen LogP contribution in [0.5, 0.6) is 0 Å². The van der Waals surface area contributed by atoms with Crippen molar-refractivity contribution in [2.75, 3.05) is 13.2 Å². The van der Waals surface area contributed by atoms with Gasteiger partial charge in [0.25, 0.3) is 0 Å². The molecule has 0 aromatic carbocycles. The van der Waals surface area contributed by atoms with Gasteiger partial charge in [-0.25, -0.2) is 0 Å². The molecule has 0 radical (unpaired) electrons. The fraction of sp³-hybridized carbons (Fsp3) is 1.00. The lowest BCUT2D eigenvalue weighted by Crippen LogP contribution is -2.42. The van der Waals surface area contributed by atoms with E-state index in [9.17, 15) is 0 Å². The lowest BCUT2D eigenvalue weighted by Gasteiger charge is -2.25. The van der Waals surface area contributed by atoms with Gasteiger partial charge in [-0.05, 0) is 6.92 Å². The van der Waals surface area contributed by atoms with Gasteiger partial charge in [0.05, 0.1) is 16.8 Å². The summed E-state index contributed by atoms with van der Waals surface area (Å²) in [6, 6.07) is 0. The van der Waals surface area contributed by atoms with E-state index in [-0.39, 0.29) is 0 Å². The number of morpholine rings is 1. The van der Waals surface area contributed by atoms with Crippen molar-refractivity contribution in [3.63, 3.8) is 0 Å². The van der Waals surface area contributed by atoms with E-state index in [1.165, 1.54) is 0 Å². The van der Waals surface area contributed by atoms with E-state index in [0.717, 1.165) is 13.2 Å². The highest BCUT2D eigenvalue weighted by molar-refractivity contribution is 14.1. The predicted molar refractivity (Wildman–Crippen MR) is 41.2 cm³/mol. The van der Waals surface area contributed by atoms with E-state index in [1.54, 1.807) is 0 Å². The first-order valence-electron chi connectivity index (χ1n) is 2.80. The van der Waals surface area contributed by atoms with Gasteiger partial charge in [-0.1, -0.05) is 22.6 Å². The number of halogens is 1. The average molecular weight is 227 g/mol. The zero-order chi connectivity index (χ0) is 5.98. The summed E-state index contributed by atoms with van der Waals surface area (Å²) in [5.74, 6) is 0. The molecule has 0 aromatic heterocycles. The van der Waals surface area contributed by atoms with E-state index >= 15 is 0 Å². The van der Waals surface area contributed by atoms with Gasteiger partial charge in [0.15, 0.2) is 0 Å². The van der Waals surface area contributed by atoms with Gasteiger partial charge in [0.1, 0.15) is 0 Å². The van der Waals surface area contributed by atoms with Crippen molar-refractivity contribution in [2.24, 2.45) is 0 Å². The maximum atomic E-state index is 5.32. The minimum absolute atomic E-state index is 0.379. The minimum atomic E-state index is 0.379. The lowest BCUT2D eigenvalue weighted by molar-refractivity contribution is 0.0359. The summed E-state index contributed by atoms with van der Waals surface area (Å²) >= 11 is 2.35. The van der Waals surface area contributed by atoms with Crippen molar-refractivity contribution in [1.82, 2.24) is 5.32 Å². The number of hydrogen-bond donors (Lipinski definition) is 1. The van der Waals surface area contributed by atoms with E-state index < -0.39 is 0 Å². The van der Waals surface area contributed by atoms with E-state index in [0.29, 0.717) is 10.2 Å². The molecule has 0 bridgehead atoms. The Balaban J connectivity index is 2.28. The molecule has 0 aliphatic carbocycles. The van der Waals surface area contributed by atoms with Crippen LogP contribution in [0.3, 0.4) is 0 Å². The molecule has 8 heavy (non-hydrogen) atoms. The van der Waals surface area contributed by atoms with Gasteiger partial charge in [-0.2, -0.15) is 0 Å². The van der Waals surface area contributed by atoms with E-state index in [2.05, 4.69) is 34.8 Å². The van der Waals surface area contributed by atoms with Crippen LogP contribution in [0.15, 0.2) is 0 Å². The Morgan fingerprint density at radius 1 is 1.75 bits per heavy atom. The van der Waals surface area contributed by atoms with Crippen LogP contribution in [0.4, 0.5) is 0 Å². The van der Waals surface area contributed by atoms with Crippen LogP contribution >= 0.6 is 22.6 Å². The predicted octanol–water partition coefficient (Wildman–Crippen LogP) is 0.756. The van der Waals surface area contributed by atoms with E-state index in [1.807, 2.05) is 0 Å². The molecule has 2 unspecified atom stereocenters. The molecule has 0 aromatic rings. The number of ether oxygens (including phenoxy) is 1. The second-order valence-corrected chi connectivity index (χ2v) is 3.27. The molecule has 2 nitrogen and oxygen atoms in total. The second kappa shape index (κ2) is 2.98. The number of rotatable bonds is 0. The van der Waals surface area contributed by atoms with Crippen LogP contribution in [0, 0.1) is 0 Å². The number of hydrogen-bond acceptors (Lipinski definition) is 2. The average Bonchev–Trinajstić information content (AvgIpc) is 1.77. The molecule has 2 atom stereocenters. The third kappa shape index (κ3) is 1.56. The normalized spacial score (nSPS) is 39.8. The van der Waals surface area contributed by atoms with Crippen molar-refractivity contribution >= 4 is 22.6 Å². The fourth-order valence-electron chi connectivity index (χ4n) is 0.692. The number of alkyl halides is 1. The topological polar surface area (TPSA) is 21.3 Å². The van der Waals surface area contributed by atoms with Crippen molar-refractivity contribution in [2.45, 2.75) is 17.1 Å². The summed E-state index contributed by atoms with van der Waals surface area (Å²) in [5, 5.41) is 3.29. The molecule has 0 saturated carbocycles. The largest absolute Gasteiger partial charge is 0.375 e. The third-order valence-electron chi connectivity index (χ3n) is 1.23. The summed E-state index contributed by atoms with van der Waals surface area (Å²) in [6.07, 6.45) is 0.379. The monoisotopic (exact) mass is 227 g/mol. The van der Waals surface area contributed by atoms with Crippen LogP contribution in [-0.4, -0.2) is 23.3 Å². The lowest BCUT2D eigenvalue weighted by atomic mass is 10.3. The van der Waals surface area contributed by atoms with Crippen LogP contribution in [0.25, 0.3) is 0 Å². The summed E-state index contributed by atoms with van der Waals surface area (Å²) in [6.45, 7) is 3.95. The quantitative estimate of drug-likeness (QED) is 0.374. The minimum Gasteiger partial charge on any atom is -0.375 e. The fourth-order valence-corrected chi connectivity index (χ4v) is 1.21. The summed E-state index contributed by atoms with van der Waals surface area (Å²) in [5.41, 5.74) is 0. The molecule has 1 saturated heterocycles. The highest BCUT2D eigenvalue weighted by Crippen LogP contribution is 2.09.